The highest BCUT2D eigenvalue weighted by molar-refractivity contribution is 5.15. The summed E-state index contributed by atoms with van der Waals surface area (Å²) in [6.45, 7) is 1.48. The van der Waals surface area contributed by atoms with Gasteiger partial charge in [0.2, 0.25) is 0 Å². The van der Waals surface area contributed by atoms with Crippen LogP contribution in [-0.2, 0) is 11.3 Å². The molecule has 2 aliphatic rings. The van der Waals surface area contributed by atoms with Crippen LogP contribution in [0.4, 0.5) is 0 Å². The smallest absolute Gasteiger partial charge is 0.0909 e. The van der Waals surface area contributed by atoms with Crippen LogP contribution in [0.15, 0.2) is 30.3 Å². The summed E-state index contributed by atoms with van der Waals surface area (Å²) in [6, 6.07) is 11.7. The Kier molecular flexibility index (Phi) is 4.11. The minimum absolute atomic E-state index is 0.471. The van der Waals surface area contributed by atoms with Gasteiger partial charge in [0.25, 0.3) is 0 Å². The molecule has 3 rings (SSSR count). The van der Waals surface area contributed by atoms with Crippen molar-refractivity contribution in [1.82, 2.24) is 4.90 Å². The second-order valence-corrected chi connectivity index (χ2v) is 6.46. The van der Waals surface area contributed by atoms with Crippen molar-refractivity contribution in [1.29, 1.82) is 0 Å². The first-order valence-corrected chi connectivity index (χ1v) is 7.71. The third-order valence-corrected chi connectivity index (χ3v) is 4.86. The van der Waals surface area contributed by atoms with Crippen molar-refractivity contribution in [2.24, 2.45) is 0 Å². The molecule has 1 aromatic carbocycles. The van der Waals surface area contributed by atoms with Crippen LogP contribution in [0.1, 0.15) is 37.7 Å². The Labute approximate surface area is 121 Å². The predicted molar refractivity (Wildman–Crippen MR) is 79.5 cm³/mol. The molecule has 3 nitrogen and oxygen atoms in total. The minimum Gasteiger partial charge on any atom is -0.387 e. The van der Waals surface area contributed by atoms with Crippen molar-refractivity contribution in [2.75, 3.05) is 13.7 Å². The summed E-state index contributed by atoms with van der Waals surface area (Å²) in [6.07, 6.45) is 5.41. The van der Waals surface area contributed by atoms with E-state index in [1.807, 2.05) is 0 Å². The summed E-state index contributed by atoms with van der Waals surface area (Å²) >= 11 is 0. The highest BCUT2D eigenvalue weighted by atomic mass is 16.5. The molecule has 110 valence electrons. The van der Waals surface area contributed by atoms with Crippen LogP contribution in [0.25, 0.3) is 0 Å². The van der Waals surface area contributed by atoms with Gasteiger partial charge in [0.15, 0.2) is 0 Å². The summed E-state index contributed by atoms with van der Waals surface area (Å²) in [4.78, 5) is 2.61. The van der Waals surface area contributed by atoms with Crippen LogP contribution in [0.5, 0.6) is 0 Å². The Morgan fingerprint density at radius 2 is 1.85 bits per heavy atom. The third kappa shape index (κ3) is 2.90. The molecule has 2 bridgehead atoms. The van der Waals surface area contributed by atoms with Gasteiger partial charge in [-0.05, 0) is 31.2 Å². The summed E-state index contributed by atoms with van der Waals surface area (Å²) in [5.41, 5.74) is 0.763. The average Bonchev–Trinajstić information content (AvgIpc) is 2.41. The van der Waals surface area contributed by atoms with Gasteiger partial charge in [-0.2, -0.15) is 0 Å². The number of rotatable bonds is 4. The van der Waals surface area contributed by atoms with Crippen molar-refractivity contribution < 1.29 is 9.84 Å². The minimum atomic E-state index is -0.613. The molecule has 2 fully saturated rings. The zero-order valence-corrected chi connectivity index (χ0v) is 12.3. The van der Waals surface area contributed by atoms with E-state index in [1.165, 1.54) is 24.8 Å². The summed E-state index contributed by atoms with van der Waals surface area (Å²) in [5, 5.41) is 10.7. The van der Waals surface area contributed by atoms with E-state index in [2.05, 4.69) is 35.2 Å². The first-order valence-electron chi connectivity index (χ1n) is 7.71. The molecule has 0 aromatic heterocycles. The van der Waals surface area contributed by atoms with E-state index >= 15 is 0 Å². The van der Waals surface area contributed by atoms with E-state index in [4.69, 9.17) is 4.74 Å². The lowest BCUT2D eigenvalue weighted by Gasteiger charge is -2.52. The quantitative estimate of drug-likeness (QED) is 0.916. The van der Waals surface area contributed by atoms with E-state index in [-0.39, 0.29) is 0 Å². The number of aliphatic hydroxyl groups is 1. The monoisotopic (exact) mass is 275 g/mol. The molecule has 0 spiro atoms. The number of ether oxygens (including phenoxy) is 1. The maximum absolute atomic E-state index is 10.7. The first kappa shape index (κ1) is 14.1. The fourth-order valence-electron chi connectivity index (χ4n) is 4.06. The number of nitrogens with zero attached hydrogens (tertiary/aromatic N) is 1. The number of hydrogen-bond donors (Lipinski definition) is 1. The lowest BCUT2D eigenvalue weighted by atomic mass is 9.75. The molecule has 1 aromatic rings. The highest BCUT2D eigenvalue weighted by Gasteiger charge is 2.45. The number of hydrogen-bond acceptors (Lipinski definition) is 3. The van der Waals surface area contributed by atoms with Crippen molar-refractivity contribution in [3.8, 4) is 0 Å². The molecule has 0 aliphatic carbocycles. The lowest BCUT2D eigenvalue weighted by molar-refractivity contribution is -0.123. The lowest BCUT2D eigenvalue weighted by Crippen LogP contribution is -2.58. The Morgan fingerprint density at radius 3 is 2.45 bits per heavy atom. The van der Waals surface area contributed by atoms with Crippen LogP contribution in [0.3, 0.4) is 0 Å². The average molecular weight is 275 g/mol. The SMILES string of the molecule is COCC1(O)CC2CCCC(C1)N2Cc1ccccc1. The Hall–Kier alpha value is -0.900. The largest absolute Gasteiger partial charge is 0.387 e. The molecule has 0 saturated carbocycles. The second-order valence-electron chi connectivity index (χ2n) is 6.46. The summed E-state index contributed by atoms with van der Waals surface area (Å²) in [7, 11) is 1.68. The number of methoxy groups -OCH3 is 1. The summed E-state index contributed by atoms with van der Waals surface area (Å²) in [5.74, 6) is 0. The van der Waals surface area contributed by atoms with E-state index in [0.29, 0.717) is 18.7 Å². The molecule has 2 saturated heterocycles. The number of benzene rings is 1. The molecular formula is C17H25NO2. The Bertz CT molecular complexity index is 420. The van der Waals surface area contributed by atoms with Crippen LogP contribution in [-0.4, -0.2) is 41.4 Å². The fourth-order valence-corrected chi connectivity index (χ4v) is 4.06. The molecule has 0 radical (unpaired) electrons. The molecular weight excluding hydrogens is 250 g/mol. The van der Waals surface area contributed by atoms with Gasteiger partial charge in [0, 0.05) is 25.7 Å². The van der Waals surface area contributed by atoms with Gasteiger partial charge in [0.05, 0.1) is 12.2 Å². The molecule has 1 N–H and O–H groups in total. The number of piperidine rings is 2. The van der Waals surface area contributed by atoms with E-state index in [0.717, 1.165) is 19.4 Å². The molecule has 2 heterocycles. The fraction of sp³-hybridized carbons (Fsp3) is 0.647. The van der Waals surface area contributed by atoms with Crippen LogP contribution >= 0.6 is 0 Å². The predicted octanol–water partition coefficient (Wildman–Crippen LogP) is 2.58. The molecule has 20 heavy (non-hydrogen) atoms. The van der Waals surface area contributed by atoms with E-state index < -0.39 is 5.60 Å². The van der Waals surface area contributed by atoms with E-state index in [9.17, 15) is 5.11 Å². The van der Waals surface area contributed by atoms with Gasteiger partial charge in [0.1, 0.15) is 0 Å². The normalized spacial score (nSPS) is 34.1. The van der Waals surface area contributed by atoms with Gasteiger partial charge in [-0.1, -0.05) is 36.8 Å². The van der Waals surface area contributed by atoms with Crippen LogP contribution in [0, 0.1) is 0 Å². The maximum atomic E-state index is 10.7. The van der Waals surface area contributed by atoms with Crippen molar-refractivity contribution in [3.05, 3.63) is 35.9 Å². The molecule has 2 aliphatic heterocycles. The maximum Gasteiger partial charge on any atom is 0.0909 e. The van der Waals surface area contributed by atoms with E-state index in [1.54, 1.807) is 7.11 Å². The molecule has 2 unspecified atom stereocenters. The Morgan fingerprint density at radius 1 is 1.20 bits per heavy atom. The zero-order chi connectivity index (χ0) is 14.0. The van der Waals surface area contributed by atoms with Gasteiger partial charge >= 0.3 is 0 Å². The second kappa shape index (κ2) is 5.84. The van der Waals surface area contributed by atoms with Crippen LogP contribution < -0.4 is 0 Å². The van der Waals surface area contributed by atoms with Gasteiger partial charge in [-0.15, -0.1) is 0 Å². The van der Waals surface area contributed by atoms with Gasteiger partial charge < -0.3 is 9.84 Å². The standard InChI is InChI=1S/C17H25NO2/c1-20-13-17(19)10-15-8-5-9-16(11-17)18(15)12-14-6-3-2-4-7-14/h2-4,6-7,15-16,19H,5,8-13H2,1H3. The highest BCUT2D eigenvalue weighted by Crippen LogP contribution is 2.40. The van der Waals surface area contributed by atoms with Gasteiger partial charge in [-0.3, -0.25) is 4.90 Å². The topological polar surface area (TPSA) is 32.7 Å². The first-order chi connectivity index (χ1) is 9.70. The summed E-state index contributed by atoms with van der Waals surface area (Å²) < 4.78 is 5.23. The zero-order valence-electron chi connectivity index (χ0n) is 12.3. The van der Waals surface area contributed by atoms with Crippen molar-refractivity contribution in [3.63, 3.8) is 0 Å². The third-order valence-electron chi connectivity index (χ3n) is 4.86. The molecule has 0 amide bonds. The molecule has 2 atom stereocenters. The Balaban J connectivity index is 1.73. The van der Waals surface area contributed by atoms with Crippen molar-refractivity contribution in [2.45, 2.75) is 56.3 Å². The molecule has 3 heteroatoms. The van der Waals surface area contributed by atoms with Crippen LogP contribution in [0.2, 0.25) is 0 Å². The van der Waals surface area contributed by atoms with Gasteiger partial charge in [-0.25, -0.2) is 0 Å². The number of fused-ring (bicyclic) bond motifs is 2. The van der Waals surface area contributed by atoms with Crippen molar-refractivity contribution >= 4 is 0 Å².